The number of carbonyl (C=O) groups is 1. The molecule has 0 amide bonds. The Morgan fingerprint density at radius 3 is 2.90 bits per heavy atom. The summed E-state index contributed by atoms with van der Waals surface area (Å²) in [4.78, 5) is 19.4. The van der Waals surface area contributed by atoms with E-state index in [-0.39, 0.29) is 11.9 Å². The maximum Gasteiger partial charge on any atom is 0.376 e. The Balaban J connectivity index is 2.15. The molecule has 0 saturated carbocycles. The van der Waals surface area contributed by atoms with Crippen LogP contribution in [0.3, 0.4) is 0 Å². The van der Waals surface area contributed by atoms with Gasteiger partial charge >= 0.3 is 5.97 Å². The van der Waals surface area contributed by atoms with E-state index in [9.17, 15) is 4.79 Å². The molecule has 1 aromatic heterocycles. The molecule has 5 nitrogen and oxygen atoms in total. The molecule has 1 unspecified atom stereocenters. The third kappa shape index (κ3) is 3.54. The van der Waals surface area contributed by atoms with E-state index < -0.39 is 5.97 Å². The average Bonchev–Trinajstić information content (AvgIpc) is 2.46. The first-order valence-electron chi connectivity index (χ1n) is 6.03. The number of hydrogen-bond donors (Lipinski definition) is 1. The van der Waals surface area contributed by atoms with Crippen molar-refractivity contribution < 1.29 is 9.53 Å². The first-order chi connectivity index (χ1) is 9.60. The number of methoxy groups -OCH3 is 1. The number of benzene rings is 1. The van der Waals surface area contributed by atoms with E-state index in [1.54, 1.807) is 6.07 Å². The molecule has 0 aliphatic heterocycles. The largest absolute Gasteiger partial charge is 0.463 e. The van der Waals surface area contributed by atoms with Gasteiger partial charge < -0.3 is 10.1 Å². The van der Waals surface area contributed by atoms with Crippen molar-refractivity contribution in [1.82, 2.24) is 9.97 Å². The standard InChI is InChI=1S/C14H14BrN3O2/c1-9(10-4-3-5-11(15)8-10)17-12-6-7-16-13(18-12)14(19)20-2/h3-9H,1-2H3,(H,16,17,18). The van der Waals surface area contributed by atoms with Gasteiger partial charge in [-0.1, -0.05) is 28.1 Å². The molecule has 104 valence electrons. The lowest BCUT2D eigenvalue weighted by Gasteiger charge is -2.15. The number of carbonyl (C=O) groups excluding carboxylic acids is 1. The Hall–Kier alpha value is -1.95. The molecule has 0 bridgehead atoms. The lowest BCUT2D eigenvalue weighted by Crippen LogP contribution is -2.12. The molecule has 1 heterocycles. The van der Waals surface area contributed by atoms with Gasteiger partial charge in [0.2, 0.25) is 5.82 Å². The highest BCUT2D eigenvalue weighted by Crippen LogP contribution is 2.21. The van der Waals surface area contributed by atoms with Crippen LogP contribution in [0.4, 0.5) is 5.82 Å². The minimum atomic E-state index is -0.552. The van der Waals surface area contributed by atoms with Crippen molar-refractivity contribution in [2.24, 2.45) is 0 Å². The Bertz CT molecular complexity index is 619. The van der Waals surface area contributed by atoms with Crippen LogP contribution in [0, 0.1) is 0 Å². The predicted molar refractivity (Wildman–Crippen MR) is 79.6 cm³/mol. The molecule has 1 N–H and O–H groups in total. The van der Waals surface area contributed by atoms with Gasteiger partial charge in [-0.3, -0.25) is 0 Å². The molecule has 0 radical (unpaired) electrons. The van der Waals surface area contributed by atoms with Crippen molar-refractivity contribution in [1.29, 1.82) is 0 Å². The van der Waals surface area contributed by atoms with Crippen LogP contribution < -0.4 is 5.32 Å². The quantitative estimate of drug-likeness (QED) is 0.869. The van der Waals surface area contributed by atoms with Crippen molar-refractivity contribution in [3.63, 3.8) is 0 Å². The van der Waals surface area contributed by atoms with Crippen molar-refractivity contribution in [2.45, 2.75) is 13.0 Å². The number of hydrogen-bond acceptors (Lipinski definition) is 5. The maximum atomic E-state index is 11.4. The number of aromatic nitrogens is 2. The van der Waals surface area contributed by atoms with Crippen LogP contribution in [0.25, 0.3) is 0 Å². The molecule has 2 aromatic rings. The monoisotopic (exact) mass is 335 g/mol. The zero-order valence-corrected chi connectivity index (χ0v) is 12.7. The average molecular weight is 336 g/mol. The number of esters is 1. The molecule has 6 heteroatoms. The Kier molecular flexibility index (Phi) is 4.68. The Morgan fingerprint density at radius 2 is 2.20 bits per heavy atom. The Labute approximate surface area is 125 Å². The molecule has 2 rings (SSSR count). The van der Waals surface area contributed by atoms with Crippen LogP contribution in [0.2, 0.25) is 0 Å². The summed E-state index contributed by atoms with van der Waals surface area (Å²) in [5.41, 5.74) is 1.11. The summed E-state index contributed by atoms with van der Waals surface area (Å²) in [5, 5.41) is 3.23. The second-order valence-electron chi connectivity index (χ2n) is 4.18. The molecular formula is C14H14BrN3O2. The second kappa shape index (κ2) is 6.47. The minimum absolute atomic E-state index is 0.0407. The van der Waals surface area contributed by atoms with Crippen molar-refractivity contribution in [3.05, 3.63) is 52.4 Å². The number of nitrogens with zero attached hydrogens (tertiary/aromatic N) is 2. The van der Waals surface area contributed by atoms with Crippen molar-refractivity contribution in [3.8, 4) is 0 Å². The van der Waals surface area contributed by atoms with Crippen LogP contribution >= 0.6 is 15.9 Å². The topological polar surface area (TPSA) is 64.1 Å². The lowest BCUT2D eigenvalue weighted by molar-refractivity contribution is 0.0587. The normalized spacial score (nSPS) is 11.8. The fourth-order valence-corrected chi connectivity index (χ4v) is 2.13. The zero-order chi connectivity index (χ0) is 14.5. The fraction of sp³-hybridized carbons (Fsp3) is 0.214. The van der Waals surface area contributed by atoms with E-state index in [4.69, 9.17) is 0 Å². The van der Waals surface area contributed by atoms with Crippen molar-refractivity contribution in [2.75, 3.05) is 12.4 Å². The molecule has 0 aliphatic carbocycles. The number of anilines is 1. The van der Waals surface area contributed by atoms with Gasteiger partial charge in [0.25, 0.3) is 0 Å². The number of ether oxygens (including phenoxy) is 1. The molecule has 0 saturated heterocycles. The molecule has 1 atom stereocenters. The molecule has 0 fully saturated rings. The molecular weight excluding hydrogens is 322 g/mol. The number of rotatable bonds is 4. The van der Waals surface area contributed by atoms with E-state index in [2.05, 4.69) is 36.0 Å². The highest BCUT2D eigenvalue weighted by Gasteiger charge is 2.11. The third-order valence-corrected chi connectivity index (χ3v) is 3.23. The summed E-state index contributed by atoms with van der Waals surface area (Å²) in [6.07, 6.45) is 1.52. The van der Waals surface area contributed by atoms with E-state index in [0.717, 1.165) is 10.0 Å². The summed E-state index contributed by atoms with van der Waals surface area (Å²) in [7, 11) is 1.30. The van der Waals surface area contributed by atoms with Gasteiger partial charge in [0.15, 0.2) is 0 Å². The van der Waals surface area contributed by atoms with E-state index in [0.29, 0.717) is 5.82 Å². The van der Waals surface area contributed by atoms with Gasteiger partial charge in [-0.25, -0.2) is 14.8 Å². The van der Waals surface area contributed by atoms with Gasteiger partial charge in [0, 0.05) is 16.7 Å². The maximum absolute atomic E-state index is 11.4. The second-order valence-corrected chi connectivity index (χ2v) is 5.09. The van der Waals surface area contributed by atoms with Crippen LogP contribution in [-0.2, 0) is 4.74 Å². The van der Waals surface area contributed by atoms with Gasteiger partial charge in [-0.05, 0) is 30.7 Å². The summed E-state index contributed by atoms with van der Waals surface area (Å²) >= 11 is 3.44. The highest BCUT2D eigenvalue weighted by atomic mass is 79.9. The molecule has 0 spiro atoms. The first kappa shape index (κ1) is 14.5. The van der Waals surface area contributed by atoms with Crippen LogP contribution in [0.1, 0.15) is 29.1 Å². The Morgan fingerprint density at radius 1 is 1.40 bits per heavy atom. The minimum Gasteiger partial charge on any atom is -0.463 e. The third-order valence-electron chi connectivity index (χ3n) is 2.74. The number of nitrogens with one attached hydrogen (secondary N) is 1. The van der Waals surface area contributed by atoms with Gasteiger partial charge in [0.05, 0.1) is 7.11 Å². The predicted octanol–water partition coefficient (Wildman–Crippen LogP) is 3.20. The lowest BCUT2D eigenvalue weighted by atomic mass is 10.1. The SMILES string of the molecule is COC(=O)c1nccc(NC(C)c2cccc(Br)c2)n1. The van der Waals surface area contributed by atoms with Gasteiger partial charge in [-0.15, -0.1) is 0 Å². The van der Waals surface area contributed by atoms with Crippen LogP contribution in [0.15, 0.2) is 41.0 Å². The molecule has 0 aliphatic rings. The fourth-order valence-electron chi connectivity index (χ4n) is 1.71. The van der Waals surface area contributed by atoms with Crippen LogP contribution in [-0.4, -0.2) is 23.0 Å². The van der Waals surface area contributed by atoms with Gasteiger partial charge in [-0.2, -0.15) is 0 Å². The smallest absolute Gasteiger partial charge is 0.376 e. The molecule has 20 heavy (non-hydrogen) atoms. The van der Waals surface area contributed by atoms with Crippen molar-refractivity contribution >= 4 is 27.7 Å². The summed E-state index contributed by atoms with van der Waals surface area (Å²) < 4.78 is 5.61. The van der Waals surface area contributed by atoms with E-state index in [1.807, 2.05) is 31.2 Å². The number of halogens is 1. The molecule has 1 aromatic carbocycles. The highest BCUT2D eigenvalue weighted by molar-refractivity contribution is 9.10. The summed E-state index contributed by atoms with van der Waals surface area (Å²) in [6, 6.07) is 9.74. The van der Waals surface area contributed by atoms with E-state index >= 15 is 0 Å². The van der Waals surface area contributed by atoms with Gasteiger partial charge in [0.1, 0.15) is 5.82 Å². The zero-order valence-electron chi connectivity index (χ0n) is 11.1. The summed E-state index contributed by atoms with van der Waals surface area (Å²) in [5.74, 6) is 0.0653. The van der Waals surface area contributed by atoms with E-state index in [1.165, 1.54) is 13.3 Å². The van der Waals surface area contributed by atoms with Crippen LogP contribution in [0.5, 0.6) is 0 Å². The first-order valence-corrected chi connectivity index (χ1v) is 6.83. The summed E-state index contributed by atoms with van der Waals surface area (Å²) in [6.45, 7) is 2.02.